The van der Waals surface area contributed by atoms with Gasteiger partial charge >= 0.3 is 0 Å². The van der Waals surface area contributed by atoms with Crippen LogP contribution in [-0.4, -0.2) is 17.6 Å². The summed E-state index contributed by atoms with van der Waals surface area (Å²) < 4.78 is 0. The van der Waals surface area contributed by atoms with Gasteiger partial charge in [-0.1, -0.05) is 0 Å². The first-order valence-electron chi connectivity index (χ1n) is 3.13. The number of likely N-dealkylation sites (N-methyl/N-ethyl adjacent to an activating group) is 1. The van der Waals surface area contributed by atoms with Crippen LogP contribution in [0.1, 0.15) is 20.8 Å². The Hall–Kier alpha value is -0.500. The second-order valence-corrected chi connectivity index (χ2v) is 2.96. The molecule has 0 radical (unpaired) electrons. The number of nitrogens with zero attached hydrogens (tertiary/aromatic N) is 1. The SMILES string of the molecule is CC1=CON(C)C1(C)C. The van der Waals surface area contributed by atoms with Crippen LogP contribution in [0.15, 0.2) is 11.8 Å². The Morgan fingerprint density at radius 1 is 1.56 bits per heavy atom. The summed E-state index contributed by atoms with van der Waals surface area (Å²) in [6.45, 7) is 6.33. The lowest BCUT2D eigenvalue weighted by Gasteiger charge is -2.26. The Morgan fingerprint density at radius 2 is 2.11 bits per heavy atom. The zero-order valence-corrected chi connectivity index (χ0v) is 6.43. The van der Waals surface area contributed by atoms with Crippen LogP contribution in [-0.2, 0) is 4.84 Å². The molecule has 0 aromatic carbocycles. The molecule has 0 aliphatic carbocycles. The summed E-state index contributed by atoms with van der Waals surface area (Å²) in [6.07, 6.45) is 1.79. The molecule has 52 valence electrons. The first-order valence-corrected chi connectivity index (χ1v) is 3.13. The molecule has 1 aliphatic heterocycles. The molecule has 0 saturated heterocycles. The third kappa shape index (κ3) is 0.833. The molecule has 1 heterocycles. The molecule has 0 aromatic rings. The van der Waals surface area contributed by atoms with E-state index in [9.17, 15) is 0 Å². The van der Waals surface area contributed by atoms with Gasteiger partial charge < -0.3 is 4.84 Å². The first-order chi connectivity index (χ1) is 4.05. The summed E-state index contributed by atoms with van der Waals surface area (Å²) in [4.78, 5) is 5.15. The van der Waals surface area contributed by atoms with E-state index >= 15 is 0 Å². The van der Waals surface area contributed by atoms with Gasteiger partial charge in [0.25, 0.3) is 0 Å². The molecule has 0 aromatic heterocycles. The van der Waals surface area contributed by atoms with Crippen molar-refractivity contribution in [3.63, 3.8) is 0 Å². The predicted octanol–water partition coefficient (Wildman–Crippen LogP) is 1.55. The van der Waals surface area contributed by atoms with E-state index in [1.165, 1.54) is 5.57 Å². The number of rotatable bonds is 0. The van der Waals surface area contributed by atoms with Crippen molar-refractivity contribution in [2.45, 2.75) is 26.3 Å². The maximum absolute atomic E-state index is 5.15. The Bertz CT molecular complexity index is 149. The molecule has 1 rings (SSSR count). The van der Waals surface area contributed by atoms with Crippen molar-refractivity contribution in [1.82, 2.24) is 5.06 Å². The van der Waals surface area contributed by atoms with E-state index < -0.39 is 0 Å². The average Bonchev–Trinajstić information content (AvgIpc) is 1.96. The van der Waals surface area contributed by atoms with E-state index in [1.807, 2.05) is 12.1 Å². The summed E-state index contributed by atoms with van der Waals surface area (Å²) in [7, 11) is 1.94. The van der Waals surface area contributed by atoms with Crippen LogP contribution in [0.25, 0.3) is 0 Å². The standard InChI is InChI=1S/C7H13NO/c1-6-5-9-8(4)7(6,2)3/h5H,1-4H3. The minimum atomic E-state index is 0.0833. The van der Waals surface area contributed by atoms with Crippen molar-refractivity contribution >= 4 is 0 Å². The molecule has 0 saturated carbocycles. The van der Waals surface area contributed by atoms with Crippen LogP contribution >= 0.6 is 0 Å². The Balaban J connectivity index is 2.81. The Kier molecular flexibility index (Phi) is 1.28. The van der Waals surface area contributed by atoms with Crippen LogP contribution in [0.4, 0.5) is 0 Å². The van der Waals surface area contributed by atoms with Gasteiger partial charge in [0.15, 0.2) is 0 Å². The summed E-state index contributed by atoms with van der Waals surface area (Å²) in [6, 6.07) is 0. The third-order valence-electron chi connectivity index (χ3n) is 2.14. The fraction of sp³-hybridized carbons (Fsp3) is 0.714. The average molecular weight is 127 g/mol. The number of hydrogen-bond acceptors (Lipinski definition) is 2. The zero-order chi connectivity index (χ0) is 7.07. The van der Waals surface area contributed by atoms with Gasteiger partial charge in [-0.05, 0) is 26.3 Å². The second-order valence-electron chi connectivity index (χ2n) is 2.96. The molecule has 0 amide bonds. The molecule has 2 nitrogen and oxygen atoms in total. The maximum Gasteiger partial charge on any atom is 0.112 e. The smallest absolute Gasteiger partial charge is 0.112 e. The largest absolute Gasteiger partial charge is 0.413 e. The van der Waals surface area contributed by atoms with Gasteiger partial charge in [-0.15, -0.1) is 5.06 Å². The Morgan fingerprint density at radius 3 is 2.22 bits per heavy atom. The second kappa shape index (κ2) is 1.74. The predicted molar refractivity (Wildman–Crippen MR) is 36.7 cm³/mol. The van der Waals surface area contributed by atoms with Crippen molar-refractivity contribution in [2.75, 3.05) is 7.05 Å². The molecule has 0 spiro atoms. The van der Waals surface area contributed by atoms with E-state index in [2.05, 4.69) is 20.8 Å². The monoisotopic (exact) mass is 127 g/mol. The van der Waals surface area contributed by atoms with Crippen LogP contribution in [0, 0.1) is 0 Å². The van der Waals surface area contributed by atoms with Gasteiger partial charge in [-0.3, -0.25) is 0 Å². The highest BCUT2D eigenvalue weighted by atomic mass is 16.7. The van der Waals surface area contributed by atoms with Gasteiger partial charge in [-0.25, -0.2) is 0 Å². The topological polar surface area (TPSA) is 12.5 Å². The lowest BCUT2D eigenvalue weighted by Crippen LogP contribution is -2.36. The van der Waals surface area contributed by atoms with Gasteiger partial charge in [0.1, 0.15) is 6.26 Å². The molecule has 9 heavy (non-hydrogen) atoms. The van der Waals surface area contributed by atoms with Gasteiger partial charge in [0.05, 0.1) is 5.54 Å². The van der Waals surface area contributed by atoms with Crippen LogP contribution in [0.3, 0.4) is 0 Å². The zero-order valence-electron chi connectivity index (χ0n) is 6.43. The Labute approximate surface area is 56.1 Å². The van der Waals surface area contributed by atoms with Crippen molar-refractivity contribution < 1.29 is 4.84 Å². The first kappa shape index (κ1) is 6.62. The van der Waals surface area contributed by atoms with Crippen LogP contribution in [0.2, 0.25) is 0 Å². The normalized spacial score (nSPS) is 25.6. The summed E-state index contributed by atoms with van der Waals surface area (Å²) in [5.74, 6) is 0. The molecule has 0 atom stereocenters. The van der Waals surface area contributed by atoms with E-state index in [1.54, 1.807) is 6.26 Å². The highest BCUT2D eigenvalue weighted by molar-refractivity contribution is 5.14. The molecule has 0 bridgehead atoms. The molecular formula is C7H13NO. The van der Waals surface area contributed by atoms with Gasteiger partial charge in [0, 0.05) is 7.05 Å². The fourth-order valence-electron chi connectivity index (χ4n) is 0.682. The minimum absolute atomic E-state index is 0.0833. The molecular weight excluding hydrogens is 114 g/mol. The number of hydroxylamine groups is 2. The summed E-state index contributed by atoms with van der Waals surface area (Å²) >= 11 is 0. The van der Waals surface area contributed by atoms with E-state index in [-0.39, 0.29) is 5.54 Å². The highest BCUT2D eigenvalue weighted by Crippen LogP contribution is 2.27. The molecule has 0 unspecified atom stereocenters. The molecule has 0 fully saturated rings. The molecule has 1 aliphatic rings. The van der Waals surface area contributed by atoms with E-state index in [0.717, 1.165) is 0 Å². The van der Waals surface area contributed by atoms with E-state index in [0.29, 0.717) is 0 Å². The molecule has 0 N–H and O–H groups in total. The third-order valence-corrected chi connectivity index (χ3v) is 2.14. The summed E-state index contributed by atoms with van der Waals surface area (Å²) in [5.41, 5.74) is 1.35. The summed E-state index contributed by atoms with van der Waals surface area (Å²) in [5, 5.41) is 1.85. The van der Waals surface area contributed by atoms with E-state index in [4.69, 9.17) is 4.84 Å². The van der Waals surface area contributed by atoms with Crippen molar-refractivity contribution in [3.8, 4) is 0 Å². The molecule has 2 heteroatoms. The van der Waals surface area contributed by atoms with Crippen LogP contribution < -0.4 is 0 Å². The lowest BCUT2D eigenvalue weighted by atomic mass is 9.98. The van der Waals surface area contributed by atoms with Crippen molar-refractivity contribution in [2.24, 2.45) is 0 Å². The number of hydrogen-bond donors (Lipinski definition) is 0. The lowest BCUT2D eigenvalue weighted by molar-refractivity contribution is -0.109. The van der Waals surface area contributed by atoms with Crippen molar-refractivity contribution in [3.05, 3.63) is 11.8 Å². The minimum Gasteiger partial charge on any atom is -0.413 e. The quantitative estimate of drug-likeness (QED) is 0.489. The maximum atomic E-state index is 5.15. The highest BCUT2D eigenvalue weighted by Gasteiger charge is 2.31. The van der Waals surface area contributed by atoms with Crippen LogP contribution in [0.5, 0.6) is 0 Å². The fourth-order valence-corrected chi connectivity index (χ4v) is 0.682. The van der Waals surface area contributed by atoms with Gasteiger partial charge in [0.2, 0.25) is 0 Å². The van der Waals surface area contributed by atoms with Gasteiger partial charge in [-0.2, -0.15) is 0 Å². The van der Waals surface area contributed by atoms with Crippen molar-refractivity contribution in [1.29, 1.82) is 0 Å².